The van der Waals surface area contributed by atoms with Crippen molar-refractivity contribution in [1.29, 1.82) is 0 Å². The molecule has 0 atom stereocenters. The third-order valence-electron chi connectivity index (χ3n) is 4.79. The van der Waals surface area contributed by atoms with Crippen LogP contribution in [-0.2, 0) is 0 Å². The number of nitrogens with zero attached hydrogens (tertiary/aromatic N) is 3. The zero-order valence-electron chi connectivity index (χ0n) is 15.3. The number of carbonyl (C=O) groups is 1. The van der Waals surface area contributed by atoms with Crippen molar-refractivity contribution in [1.82, 2.24) is 9.88 Å². The summed E-state index contributed by atoms with van der Waals surface area (Å²) in [6, 6.07) is 11.7. The van der Waals surface area contributed by atoms with Crippen molar-refractivity contribution in [2.24, 2.45) is 0 Å². The smallest absolute Gasteiger partial charge is 0.321 e. The summed E-state index contributed by atoms with van der Waals surface area (Å²) in [5.41, 5.74) is 4.07. The Bertz CT molecular complexity index is 956. The predicted molar refractivity (Wildman–Crippen MR) is 113 cm³/mol. The van der Waals surface area contributed by atoms with Crippen LogP contribution in [0.4, 0.5) is 15.6 Å². The number of nitrogens with one attached hydrogen (secondary N) is 1. The molecule has 4 rings (SSSR count). The van der Waals surface area contributed by atoms with Gasteiger partial charge in [0.1, 0.15) is 0 Å². The summed E-state index contributed by atoms with van der Waals surface area (Å²) in [5, 5.41) is 4.70. The molecule has 1 aliphatic rings. The Morgan fingerprint density at radius 2 is 1.93 bits per heavy atom. The van der Waals surface area contributed by atoms with Gasteiger partial charge in [-0.2, -0.15) is 0 Å². The number of halogens is 1. The minimum Gasteiger partial charge on any atom is -0.345 e. The predicted octanol–water partition coefficient (Wildman–Crippen LogP) is 4.92. The Balaban J connectivity index is 1.42. The zero-order chi connectivity index (χ0) is 19.0. The van der Waals surface area contributed by atoms with Crippen LogP contribution in [-0.4, -0.2) is 42.1 Å². The molecular weight excluding hydrogens is 380 g/mol. The normalized spacial score (nSPS) is 14.6. The molecule has 1 N–H and O–H groups in total. The second kappa shape index (κ2) is 7.37. The van der Waals surface area contributed by atoms with Gasteiger partial charge in [-0.25, -0.2) is 9.78 Å². The van der Waals surface area contributed by atoms with Crippen molar-refractivity contribution in [2.75, 3.05) is 36.4 Å². The van der Waals surface area contributed by atoms with Crippen molar-refractivity contribution in [3.05, 3.63) is 52.5 Å². The van der Waals surface area contributed by atoms with E-state index in [4.69, 9.17) is 16.6 Å². The molecule has 140 valence electrons. The molecule has 1 saturated heterocycles. The van der Waals surface area contributed by atoms with E-state index in [-0.39, 0.29) is 6.03 Å². The summed E-state index contributed by atoms with van der Waals surface area (Å²) in [7, 11) is 0. The number of rotatable bonds is 2. The number of benzene rings is 2. The Morgan fingerprint density at radius 3 is 2.63 bits per heavy atom. The second-order valence-electron chi connectivity index (χ2n) is 6.81. The molecule has 0 radical (unpaired) electrons. The summed E-state index contributed by atoms with van der Waals surface area (Å²) in [6.07, 6.45) is 0. The van der Waals surface area contributed by atoms with Crippen LogP contribution in [0, 0.1) is 13.8 Å². The van der Waals surface area contributed by atoms with E-state index in [1.165, 1.54) is 0 Å². The van der Waals surface area contributed by atoms with Gasteiger partial charge in [-0.3, -0.25) is 0 Å². The lowest BCUT2D eigenvalue weighted by molar-refractivity contribution is 0.208. The monoisotopic (exact) mass is 400 g/mol. The van der Waals surface area contributed by atoms with E-state index in [2.05, 4.69) is 17.1 Å². The van der Waals surface area contributed by atoms with Gasteiger partial charge in [0.2, 0.25) is 0 Å². The number of aryl methyl sites for hydroxylation is 2. The number of urea groups is 1. The molecule has 1 aliphatic heterocycles. The average molecular weight is 401 g/mol. The van der Waals surface area contributed by atoms with Crippen molar-refractivity contribution in [3.63, 3.8) is 0 Å². The summed E-state index contributed by atoms with van der Waals surface area (Å²) in [4.78, 5) is 21.4. The van der Waals surface area contributed by atoms with Gasteiger partial charge in [0.15, 0.2) is 5.13 Å². The first-order valence-electron chi connectivity index (χ1n) is 8.94. The molecule has 0 spiro atoms. The molecule has 2 heterocycles. The van der Waals surface area contributed by atoms with E-state index >= 15 is 0 Å². The fourth-order valence-electron chi connectivity index (χ4n) is 3.25. The number of anilines is 2. The third-order valence-corrected chi connectivity index (χ3v) is 6.37. The van der Waals surface area contributed by atoms with E-state index in [0.29, 0.717) is 13.1 Å². The number of piperazine rings is 1. The molecule has 7 heteroatoms. The van der Waals surface area contributed by atoms with Gasteiger partial charge in [-0.15, -0.1) is 0 Å². The SMILES string of the molecule is Cc1cccc(NC(=O)N2CCN(c3nc4c(C)ccc(Cl)c4s3)CC2)c1. The second-order valence-corrected chi connectivity index (χ2v) is 8.20. The van der Waals surface area contributed by atoms with E-state index in [9.17, 15) is 4.79 Å². The largest absolute Gasteiger partial charge is 0.345 e. The standard InChI is InChI=1S/C20H21ClN4OS/c1-13-4-3-5-15(12-13)22-19(26)24-8-10-25(11-9-24)20-23-17-14(2)6-7-16(21)18(17)27-20/h3-7,12H,8-11H2,1-2H3,(H,22,26). The van der Waals surface area contributed by atoms with Gasteiger partial charge in [0.05, 0.1) is 15.2 Å². The quantitative estimate of drug-likeness (QED) is 0.664. The number of hydrogen-bond donors (Lipinski definition) is 1. The number of aromatic nitrogens is 1. The zero-order valence-corrected chi connectivity index (χ0v) is 16.9. The van der Waals surface area contributed by atoms with E-state index < -0.39 is 0 Å². The first-order valence-corrected chi connectivity index (χ1v) is 10.1. The molecule has 2 amide bonds. The Labute approximate surface area is 167 Å². The molecule has 5 nitrogen and oxygen atoms in total. The summed E-state index contributed by atoms with van der Waals surface area (Å²) >= 11 is 7.95. The maximum absolute atomic E-state index is 12.5. The van der Waals surface area contributed by atoms with Crippen molar-refractivity contribution < 1.29 is 4.79 Å². The van der Waals surface area contributed by atoms with E-state index in [1.54, 1.807) is 11.3 Å². The highest BCUT2D eigenvalue weighted by Crippen LogP contribution is 2.35. The first-order chi connectivity index (χ1) is 13.0. The molecule has 0 unspecified atom stereocenters. The highest BCUT2D eigenvalue weighted by Gasteiger charge is 2.23. The topological polar surface area (TPSA) is 48.5 Å². The van der Waals surface area contributed by atoms with Gasteiger partial charge in [-0.05, 0) is 43.2 Å². The lowest BCUT2D eigenvalue weighted by atomic mass is 10.2. The summed E-state index contributed by atoms with van der Waals surface area (Å²) in [6.45, 7) is 6.92. The number of thiazole rings is 1. The van der Waals surface area contributed by atoms with Gasteiger partial charge < -0.3 is 15.1 Å². The number of amides is 2. The number of carbonyl (C=O) groups excluding carboxylic acids is 1. The highest BCUT2D eigenvalue weighted by atomic mass is 35.5. The van der Waals surface area contributed by atoms with Crippen LogP contribution in [0.3, 0.4) is 0 Å². The van der Waals surface area contributed by atoms with Crippen LogP contribution in [0.25, 0.3) is 10.2 Å². The van der Waals surface area contributed by atoms with Gasteiger partial charge in [0.25, 0.3) is 0 Å². The van der Waals surface area contributed by atoms with Crippen LogP contribution >= 0.6 is 22.9 Å². The molecule has 1 aromatic heterocycles. The molecule has 0 aliphatic carbocycles. The Kier molecular flexibility index (Phi) is 4.93. The molecular formula is C20H21ClN4OS. The molecule has 27 heavy (non-hydrogen) atoms. The summed E-state index contributed by atoms with van der Waals surface area (Å²) < 4.78 is 1.03. The van der Waals surface area contributed by atoms with E-state index in [1.807, 2.05) is 48.2 Å². The minimum atomic E-state index is -0.0524. The molecule has 2 aromatic carbocycles. The van der Waals surface area contributed by atoms with Gasteiger partial charge in [0, 0.05) is 31.9 Å². The van der Waals surface area contributed by atoms with E-state index in [0.717, 1.165) is 50.3 Å². The molecule has 0 saturated carbocycles. The fourth-order valence-corrected chi connectivity index (χ4v) is 4.62. The van der Waals surface area contributed by atoms with Crippen molar-refractivity contribution in [2.45, 2.75) is 13.8 Å². The van der Waals surface area contributed by atoms with Crippen molar-refractivity contribution in [3.8, 4) is 0 Å². The third kappa shape index (κ3) is 3.73. The van der Waals surface area contributed by atoms with Crippen molar-refractivity contribution >= 4 is 50.0 Å². The molecule has 1 fully saturated rings. The maximum Gasteiger partial charge on any atom is 0.321 e. The Hall–Kier alpha value is -2.31. The number of hydrogen-bond acceptors (Lipinski definition) is 4. The Morgan fingerprint density at radius 1 is 1.15 bits per heavy atom. The van der Waals surface area contributed by atoms with Crippen LogP contribution in [0.15, 0.2) is 36.4 Å². The fraction of sp³-hybridized carbons (Fsp3) is 0.300. The molecule has 0 bridgehead atoms. The number of fused-ring (bicyclic) bond motifs is 1. The highest BCUT2D eigenvalue weighted by molar-refractivity contribution is 7.22. The summed E-state index contributed by atoms with van der Waals surface area (Å²) in [5.74, 6) is 0. The molecule has 3 aromatic rings. The van der Waals surface area contributed by atoms with Crippen LogP contribution in [0.5, 0.6) is 0 Å². The first kappa shape index (κ1) is 18.1. The lowest BCUT2D eigenvalue weighted by Crippen LogP contribution is -2.50. The van der Waals surface area contributed by atoms with Crippen LogP contribution in [0.2, 0.25) is 5.02 Å². The maximum atomic E-state index is 12.5. The average Bonchev–Trinajstić information content (AvgIpc) is 3.12. The van der Waals surface area contributed by atoms with Gasteiger partial charge >= 0.3 is 6.03 Å². The van der Waals surface area contributed by atoms with Crippen LogP contribution in [0.1, 0.15) is 11.1 Å². The minimum absolute atomic E-state index is 0.0524. The lowest BCUT2D eigenvalue weighted by Gasteiger charge is -2.34. The van der Waals surface area contributed by atoms with Gasteiger partial charge in [-0.1, -0.05) is 41.1 Å². The van der Waals surface area contributed by atoms with Crippen LogP contribution < -0.4 is 10.2 Å².